The smallest absolute Gasteiger partial charge is 0.249 e. The van der Waals surface area contributed by atoms with Gasteiger partial charge < -0.3 is 50.5 Å². The fourth-order valence-corrected chi connectivity index (χ4v) is 11.4. The Balaban J connectivity index is 2.22. The highest BCUT2D eigenvalue weighted by molar-refractivity contribution is 5.80. The number of ether oxygens (including phenoxy) is 2. The Kier molecular flexibility index (Phi) is 55.5. The number of hydrogen-bond acceptors (Lipinski definition) is 10. The third-order valence-corrected chi connectivity index (χ3v) is 17.0. The molecule has 1 aliphatic rings. The van der Waals surface area contributed by atoms with Gasteiger partial charge in [0.15, 0.2) is 6.29 Å². The highest BCUT2D eigenvalue weighted by Gasteiger charge is 2.44. The van der Waals surface area contributed by atoms with E-state index in [9.17, 15) is 40.5 Å². The van der Waals surface area contributed by atoms with Crippen LogP contribution in [0.4, 0.5) is 0 Å². The number of rotatable bonds is 61. The van der Waals surface area contributed by atoms with Crippen molar-refractivity contribution in [3.63, 3.8) is 0 Å². The minimum absolute atomic E-state index is 0.249. The van der Waals surface area contributed by atoms with Crippen molar-refractivity contribution in [1.29, 1.82) is 0 Å². The number of amides is 1. The first kappa shape index (κ1) is 76.6. The van der Waals surface area contributed by atoms with Crippen LogP contribution >= 0.6 is 0 Å². The number of carbonyl (C=O) groups is 1. The minimum atomic E-state index is -1.67. The lowest BCUT2D eigenvalue weighted by molar-refractivity contribution is -0.303. The number of aliphatic hydroxyl groups is 7. The Labute approximate surface area is 493 Å². The third kappa shape index (κ3) is 45.0. The van der Waals surface area contributed by atoms with Gasteiger partial charge in [-0.15, -0.1) is 0 Å². The number of allylic oxidation sites excluding steroid dienone is 4. The molecule has 9 atom stereocenters. The topological polar surface area (TPSA) is 189 Å². The molecular weight excluding hydrogens is 1000 g/mol. The van der Waals surface area contributed by atoms with E-state index in [0.717, 1.165) is 38.5 Å². The molecule has 0 aromatic rings. The fourth-order valence-electron chi connectivity index (χ4n) is 11.4. The molecule has 8 N–H and O–H groups in total. The highest BCUT2D eigenvalue weighted by Crippen LogP contribution is 2.24. The number of hydrogen-bond donors (Lipinski definition) is 8. The summed E-state index contributed by atoms with van der Waals surface area (Å²) < 4.78 is 11.2. The molecule has 0 aliphatic carbocycles. The molecule has 0 aromatic carbocycles. The van der Waals surface area contributed by atoms with Crippen molar-refractivity contribution in [3.05, 3.63) is 24.3 Å². The number of aliphatic hydroxyl groups excluding tert-OH is 7. The molecule has 9 unspecified atom stereocenters. The zero-order valence-corrected chi connectivity index (χ0v) is 52.3. The van der Waals surface area contributed by atoms with Crippen molar-refractivity contribution in [1.82, 2.24) is 5.32 Å². The first-order chi connectivity index (χ1) is 39.2. The van der Waals surface area contributed by atoms with Gasteiger partial charge in [-0.1, -0.05) is 314 Å². The number of carbonyl (C=O) groups excluding carboxylic acids is 1. The second-order valence-electron chi connectivity index (χ2n) is 24.6. The SMILES string of the molecule is CCCCCCCCCCCCCCCCC/C=C/CC/C=C/CCCC(O)C(O)C(COC1OC(CO)C(O)C(O)C1O)NC(=O)C(O)CCCCCCCCCCCCCCCCCCCCCCCCCCCCCCC. The summed E-state index contributed by atoms with van der Waals surface area (Å²) in [5, 5.41) is 76.4. The summed E-state index contributed by atoms with van der Waals surface area (Å²) in [5.74, 6) is -0.703. The lowest BCUT2D eigenvalue weighted by atomic mass is 9.98. The van der Waals surface area contributed by atoms with Gasteiger partial charge in [0.1, 0.15) is 36.6 Å². The summed E-state index contributed by atoms with van der Waals surface area (Å²) >= 11 is 0. The lowest BCUT2D eigenvalue weighted by Gasteiger charge is -2.40. The number of nitrogens with one attached hydrogen (secondary N) is 1. The zero-order valence-electron chi connectivity index (χ0n) is 52.3. The summed E-state index contributed by atoms with van der Waals surface area (Å²) in [6, 6.07) is -1.19. The Morgan fingerprint density at radius 3 is 1.11 bits per heavy atom. The summed E-state index contributed by atoms with van der Waals surface area (Å²) in [5.41, 5.74) is 0. The molecule has 0 saturated carbocycles. The Morgan fingerprint density at radius 2 is 0.750 bits per heavy atom. The van der Waals surface area contributed by atoms with E-state index in [4.69, 9.17) is 9.47 Å². The van der Waals surface area contributed by atoms with Crippen LogP contribution in [0.1, 0.15) is 341 Å². The van der Waals surface area contributed by atoms with Crippen LogP contribution in [-0.2, 0) is 14.3 Å². The molecule has 1 amide bonds. The van der Waals surface area contributed by atoms with Gasteiger partial charge in [0.05, 0.1) is 25.4 Å². The van der Waals surface area contributed by atoms with Crippen LogP contribution in [0.5, 0.6) is 0 Å². The van der Waals surface area contributed by atoms with Gasteiger partial charge in [0.2, 0.25) is 5.91 Å². The molecule has 0 spiro atoms. The van der Waals surface area contributed by atoms with Crippen molar-refractivity contribution in [3.8, 4) is 0 Å². The van der Waals surface area contributed by atoms with E-state index < -0.39 is 74.2 Å². The molecule has 80 heavy (non-hydrogen) atoms. The van der Waals surface area contributed by atoms with E-state index >= 15 is 0 Å². The molecule has 11 nitrogen and oxygen atoms in total. The molecule has 1 heterocycles. The third-order valence-electron chi connectivity index (χ3n) is 17.0. The summed E-state index contributed by atoms with van der Waals surface area (Å²) in [4.78, 5) is 13.2. The van der Waals surface area contributed by atoms with Gasteiger partial charge in [-0.2, -0.15) is 0 Å². The quantitative estimate of drug-likeness (QED) is 0.0215. The highest BCUT2D eigenvalue weighted by atomic mass is 16.7. The van der Waals surface area contributed by atoms with Crippen LogP contribution in [0, 0.1) is 0 Å². The Morgan fingerprint density at radius 1 is 0.425 bits per heavy atom. The Bertz CT molecular complexity index is 1350. The minimum Gasteiger partial charge on any atom is -0.394 e. The van der Waals surface area contributed by atoms with Gasteiger partial charge in [0, 0.05) is 0 Å². The van der Waals surface area contributed by atoms with E-state index in [-0.39, 0.29) is 12.8 Å². The maximum Gasteiger partial charge on any atom is 0.249 e. The molecule has 11 heteroatoms. The van der Waals surface area contributed by atoms with E-state index in [2.05, 4.69) is 43.5 Å². The average molecular weight is 1140 g/mol. The van der Waals surface area contributed by atoms with Crippen LogP contribution < -0.4 is 5.32 Å². The molecule has 0 radical (unpaired) electrons. The number of unbranched alkanes of at least 4 members (excludes halogenated alkanes) is 45. The van der Waals surface area contributed by atoms with Crippen molar-refractivity contribution < 1.29 is 50.0 Å². The predicted octanol–water partition coefficient (Wildman–Crippen LogP) is 16.4. The predicted molar refractivity (Wildman–Crippen MR) is 335 cm³/mol. The monoisotopic (exact) mass is 1140 g/mol. The maximum absolute atomic E-state index is 13.2. The molecular formula is C69H133NO10. The standard InChI is InChI=1S/C69H133NO10/c1-3-5-7-9-11-13-15-17-19-21-23-25-27-29-30-31-32-33-35-37-39-41-43-45-47-49-51-53-55-57-62(73)68(78)70-60(59-79-69-67(77)66(76)65(75)63(58-71)80-69)64(74)61(72)56-54-52-50-48-46-44-42-40-38-36-34-28-26-24-22-20-18-16-14-12-10-8-6-4-2/h40,42,48,50,60-67,69,71-77H,3-39,41,43-47,49,51-59H2,1-2H3,(H,70,78)/b42-40+,50-48+. The second-order valence-corrected chi connectivity index (χ2v) is 24.6. The van der Waals surface area contributed by atoms with E-state index in [1.54, 1.807) is 0 Å². The van der Waals surface area contributed by atoms with Crippen LogP contribution in [0.2, 0.25) is 0 Å². The molecule has 0 aromatic heterocycles. The van der Waals surface area contributed by atoms with Gasteiger partial charge >= 0.3 is 0 Å². The summed E-state index contributed by atoms with van der Waals surface area (Å²) in [6.07, 6.45) is 61.2. The molecule has 474 valence electrons. The van der Waals surface area contributed by atoms with Crippen LogP contribution in [0.3, 0.4) is 0 Å². The first-order valence-corrected chi connectivity index (χ1v) is 34.7. The van der Waals surface area contributed by atoms with Crippen molar-refractivity contribution in [2.24, 2.45) is 0 Å². The van der Waals surface area contributed by atoms with E-state index in [1.165, 1.54) is 257 Å². The van der Waals surface area contributed by atoms with Gasteiger partial charge in [-0.25, -0.2) is 0 Å². The van der Waals surface area contributed by atoms with Crippen molar-refractivity contribution >= 4 is 5.91 Å². The van der Waals surface area contributed by atoms with Gasteiger partial charge in [-0.05, 0) is 51.4 Å². The van der Waals surface area contributed by atoms with E-state index in [1.807, 2.05) is 0 Å². The van der Waals surface area contributed by atoms with Crippen LogP contribution in [0.25, 0.3) is 0 Å². The normalized spacial score (nSPS) is 19.3. The zero-order chi connectivity index (χ0) is 58.2. The maximum atomic E-state index is 13.2. The van der Waals surface area contributed by atoms with Crippen molar-refractivity contribution in [2.75, 3.05) is 13.2 Å². The molecule has 0 bridgehead atoms. The van der Waals surface area contributed by atoms with Crippen LogP contribution in [0.15, 0.2) is 24.3 Å². The molecule has 1 saturated heterocycles. The van der Waals surface area contributed by atoms with Gasteiger partial charge in [0.25, 0.3) is 0 Å². The Hall–Kier alpha value is -1.41. The van der Waals surface area contributed by atoms with Gasteiger partial charge in [-0.3, -0.25) is 4.79 Å². The largest absolute Gasteiger partial charge is 0.394 e. The summed E-state index contributed by atoms with van der Waals surface area (Å²) in [7, 11) is 0. The summed E-state index contributed by atoms with van der Waals surface area (Å²) in [6.45, 7) is 3.49. The lowest BCUT2D eigenvalue weighted by Crippen LogP contribution is -2.60. The average Bonchev–Trinajstić information content (AvgIpc) is 3.46. The van der Waals surface area contributed by atoms with Crippen LogP contribution in [-0.4, -0.2) is 110 Å². The second kappa shape index (κ2) is 58.0. The van der Waals surface area contributed by atoms with Crippen molar-refractivity contribution in [2.45, 2.75) is 396 Å². The van der Waals surface area contributed by atoms with E-state index in [0.29, 0.717) is 19.3 Å². The fraction of sp³-hybridized carbons (Fsp3) is 0.928. The molecule has 1 aliphatic heterocycles. The first-order valence-electron chi connectivity index (χ1n) is 34.7. The molecule has 1 rings (SSSR count). The molecule has 1 fully saturated rings.